The molecule has 1 saturated heterocycles. The summed E-state index contributed by atoms with van der Waals surface area (Å²) in [5.74, 6) is -1.30. The van der Waals surface area contributed by atoms with Gasteiger partial charge in [-0.15, -0.1) is 0 Å². The van der Waals surface area contributed by atoms with E-state index in [1.54, 1.807) is 43.3 Å². The normalized spacial score (nSPS) is 16.7. The van der Waals surface area contributed by atoms with Gasteiger partial charge in [0.05, 0.1) is 35.0 Å². The van der Waals surface area contributed by atoms with Crippen LogP contribution in [0.1, 0.15) is 43.0 Å². The van der Waals surface area contributed by atoms with Crippen molar-refractivity contribution in [1.82, 2.24) is 4.98 Å². The highest BCUT2D eigenvalue weighted by Crippen LogP contribution is 2.46. The molecule has 2 heterocycles. The van der Waals surface area contributed by atoms with Crippen molar-refractivity contribution in [2.45, 2.75) is 33.2 Å². The summed E-state index contributed by atoms with van der Waals surface area (Å²) in [6.07, 6.45) is 0.812. The molecule has 0 bridgehead atoms. The Morgan fingerprint density at radius 2 is 1.87 bits per heavy atom. The zero-order valence-electron chi connectivity index (χ0n) is 21.8. The van der Waals surface area contributed by atoms with E-state index in [-0.39, 0.29) is 22.8 Å². The molecule has 39 heavy (non-hydrogen) atoms. The Bertz CT molecular complexity index is 1610. The predicted molar refractivity (Wildman–Crippen MR) is 151 cm³/mol. The van der Waals surface area contributed by atoms with Crippen LogP contribution in [0.15, 0.2) is 66.2 Å². The quantitative estimate of drug-likeness (QED) is 0.156. The lowest BCUT2D eigenvalue weighted by Gasteiger charge is -2.23. The number of ketones is 1. The lowest BCUT2D eigenvalue weighted by molar-refractivity contribution is -0.132. The van der Waals surface area contributed by atoms with Gasteiger partial charge in [-0.1, -0.05) is 42.5 Å². The number of ether oxygens (including phenoxy) is 2. The standard InChI is InChI=1S/C30H28N2O6S/c1-4-13-38-20-8-6-7-19(15-20)27(34)25-26(18-10-12-22(33)23(16-18)37-5-2)32(29(36)28(25)35)30-31-21-11-9-17(3)14-24(21)39-30/h6-12,14-16,26,33-34H,4-5,13H2,1-3H3/b27-25+. The molecule has 2 N–H and O–H groups in total. The zero-order chi connectivity index (χ0) is 27.7. The molecule has 1 atom stereocenters. The molecule has 1 aromatic heterocycles. The van der Waals surface area contributed by atoms with Gasteiger partial charge in [-0.05, 0) is 67.8 Å². The van der Waals surface area contributed by atoms with Gasteiger partial charge in [-0.3, -0.25) is 14.5 Å². The van der Waals surface area contributed by atoms with Crippen molar-refractivity contribution in [3.05, 3.63) is 82.9 Å². The highest BCUT2D eigenvalue weighted by atomic mass is 32.1. The molecule has 200 valence electrons. The van der Waals surface area contributed by atoms with E-state index in [0.29, 0.717) is 40.7 Å². The minimum Gasteiger partial charge on any atom is -0.507 e. The zero-order valence-corrected chi connectivity index (χ0v) is 22.6. The molecule has 1 amide bonds. The van der Waals surface area contributed by atoms with Crippen LogP contribution in [0.5, 0.6) is 17.2 Å². The fraction of sp³-hybridized carbons (Fsp3) is 0.233. The van der Waals surface area contributed by atoms with Gasteiger partial charge in [0.25, 0.3) is 5.78 Å². The molecule has 1 aliphatic heterocycles. The number of phenolic OH excluding ortho intramolecular Hbond substituents is 1. The Morgan fingerprint density at radius 1 is 1.05 bits per heavy atom. The van der Waals surface area contributed by atoms with E-state index in [2.05, 4.69) is 4.98 Å². The van der Waals surface area contributed by atoms with E-state index in [9.17, 15) is 19.8 Å². The van der Waals surface area contributed by atoms with Crippen LogP contribution in [-0.4, -0.2) is 40.1 Å². The summed E-state index contributed by atoms with van der Waals surface area (Å²) in [7, 11) is 0. The first-order valence-electron chi connectivity index (χ1n) is 12.7. The Labute approximate surface area is 229 Å². The molecule has 1 unspecified atom stereocenters. The Balaban J connectivity index is 1.70. The summed E-state index contributed by atoms with van der Waals surface area (Å²) >= 11 is 1.29. The molecule has 0 aliphatic carbocycles. The molecule has 1 aliphatic rings. The van der Waals surface area contributed by atoms with Crippen LogP contribution < -0.4 is 14.4 Å². The molecular formula is C30H28N2O6S. The summed E-state index contributed by atoms with van der Waals surface area (Å²) in [6.45, 7) is 6.55. The monoisotopic (exact) mass is 544 g/mol. The van der Waals surface area contributed by atoms with E-state index < -0.39 is 17.7 Å². The topological polar surface area (TPSA) is 109 Å². The number of fused-ring (bicyclic) bond motifs is 1. The third-order valence-electron chi connectivity index (χ3n) is 6.36. The molecule has 9 heteroatoms. The number of anilines is 1. The fourth-order valence-electron chi connectivity index (χ4n) is 4.55. The summed E-state index contributed by atoms with van der Waals surface area (Å²) in [5, 5.41) is 22.1. The van der Waals surface area contributed by atoms with E-state index in [1.165, 1.54) is 22.3 Å². The minimum atomic E-state index is -1.01. The Hall–Kier alpha value is -4.37. The third kappa shape index (κ3) is 4.93. The summed E-state index contributed by atoms with van der Waals surface area (Å²) in [4.78, 5) is 33.1. The maximum Gasteiger partial charge on any atom is 0.301 e. The van der Waals surface area contributed by atoms with Crippen molar-refractivity contribution in [3.63, 3.8) is 0 Å². The maximum atomic E-state index is 13.6. The van der Waals surface area contributed by atoms with Gasteiger partial charge >= 0.3 is 5.91 Å². The van der Waals surface area contributed by atoms with Gasteiger partial charge in [-0.2, -0.15) is 0 Å². The lowest BCUT2D eigenvalue weighted by Crippen LogP contribution is -2.29. The van der Waals surface area contributed by atoms with Gasteiger partial charge in [-0.25, -0.2) is 4.98 Å². The summed E-state index contributed by atoms with van der Waals surface area (Å²) in [6, 6.07) is 16.2. The van der Waals surface area contributed by atoms with Crippen LogP contribution in [0.2, 0.25) is 0 Å². The van der Waals surface area contributed by atoms with Gasteiger partial charge in [0.2, 0.25) is 0 Å². The highest BCUT2D eigenvalue weighted by Gasteiger charge is 2.48. The van der Waals surface area contributed by atoms with E-state index in [0.717, 1.165) is 16.7 Å². The number of amides is 1. The number of aryl methyl sites for hydroxylation is 1. The average Bonchev–Trinajstić information content (AvgIpc) is 3.46. The molecule has 0 spiro atoms. The molecule has 0 saturated carbocycles. The van der Waals surface area contributed by atoms with E-state index in [4.69, 9.17) is 9.47 Å². The van der Waals surface area contributed by atoms with Crippen LogP contribution in [-0.2, 0) is 9.59 Å². The first kappa shape index (κ1) is 26.2. The second kappa shape index (κ2) is 10.8. The maximum absolute atomic E-state index is 13.6. The molecule has 3 aromatic carbocycles. The lowest BCUT2D eigenvalue weighted by atomic mass is 9.95. The number of aliphatic hydroxyl groups is 1. The number of carbonyl (C=O) groups excluding carboxylic acids is 2. The predicted octanol–water partition coefficient (Wildman–Crippen LogP) is 6.12. The molecule has 0 radical (unpaired) electrons. The van der Waals surface area contributed by atoms with E-state index >= 15 is 0 Å². The minimum absolute atomic E-state index is 0.0752. The van der Waals surface area contributed by atoms with Crippen LogP contribution in [0.25, 0.3) is 16.0 Å². The van der Waals surface area contributed by atoms with Gasteiger partial charge < -0.3 is 19.7 Å². The van der Waals surface area contributed by atoms with Crippen molar-refractivity contribution in [3.8, 4) is 17.2 Å². The number of nitrogens with zero attached hydrogens (tertiary/aromatic N) is 2. The Morgan fingerprint density at radius 3 is 2.64 bits per heavy atom. The van der Waals surface area contributed by atoms with Crippen LogP contribution in [0.4, 0.5) is 5.13 Å². The number of aromatic hydroxyl groups is 1. The average molecular weight is 545 g/mol. The largest absolute Gasteiger partial charge is 0.507 e. The number of Topliss-reactive ketones (excluding diaryl/α,β-unsaturated/α-hetero) is 1. The number of hydrogen-bond donors (Lipinski definition) is 2. The van der Waals surface area contributed by atoms with Crippen molar-refractivity contribution in [2.75, 3.05) is 18.1 Å². The Kier molecular flexibility index (Phi) is 7.26. The second-order valence-electron chi connectivity index (χ2n) is 9.17. The number of phenols is 1. The van der Waals surface area contributed by atoms with Gasteiger partial charge in [0, 0.05) is 5.56 Å². The molecule has 5 rings (SSSR count). The van der Waals surface area contributed by atoms with Crippen LogP contribution in [0.3, 0.4) is 0 Å². The fourth-order valence-corrected chi connectivity index (χ4v) is 5.64. The van der Waals surface area contributed by atoms with Gasteiger partial charge in [0.15, 0.2) is 16.6 Å². The third-order valence-corrected chi connectivity index (χ3v) is 7.38. The summed E-state index contributed by atoms with van der Waals surface area (Å²) in [5.41, 5.74) is 2.47. The van der Waals surface area contributed by atoms with Crippen molar-refractivity contribution >= 4 is 44.1 Å². The van der Waals surface area contributed by atoms with Crippen LogP contribution >= 0.6 is 11.3 Å². The number of hydrogen-bond acceptors (Lipinski definition) is 8. The highest BCUT2D eigenvalue weighted by molar-refractivity contribution is 7.22. The van der Waals surface area contributed by atoms with Crippen molar-refractivity contribution in [2.24, 2.45) is 0 Å². The first-order valence-corrected chi connectivity index (χ1v) is 13.5. The first-order chi connectivity index (χ1) is 18.8. The van der Waals surface area contributed by atoms with E-state index in [1.807, 2.05) is 32.0 Å². The molecule has 4 aromatic rings. The smallest absolute Gasteiger partial charge is 0.301 e. The number of benzene rings is 3. The molecule has 1 fully saturated rings. The number of aromatic nitrogens is 1. The SMILES string of the molecule is CCCOc1cccc(/C(O)=C2\C(=O)C(=O)N(c3nc4ccc(C)cc4s3)C2c2ccc(O)c(OCC)c2)c1. The number of rotatable bonds is 8. The number of thiazole rings is 1. The molecule has 8 nitrogen and oxygen atoms in total. The van der Waals surface area contributed by atoms with Gasteiger partial charge in [0.1, 0.15) is 11.5 Å². The van der Waals surface area contributed by atoms with Crippen LogP contribution in [0, 0.1) is 6.92 Å². The molecular weight excluding hydrogens is 516 g/mol. The summed E-state index contributed by atoms with van der Waals surface area (Å²) < 4.78 is 12.2. The van der Waals surface area contributed by atoms with Crippen molar-refractivity contribution < 1.29 is 29.3 Å². The second-order valence-corrected chi connectivity index (χ2v) is 10.2. The number of aliphatic hydroxyl groups excluding tert-OH is 1. The van der Waals surface area contributed by atoms with Crippen molar-refractivity contribution in [1.29, 1.82) is 0 Å². The number of carbonyl (C=O) groups is 2.